The summed E-state index contributed by atoms with van der Waals surface area (Å²) in [6.45, 7) is 3.83. The number of fused-ring (bicyclic) bond motifs is 5. The first-order valence-electron chi connectivity index (χ1n) is 8.09. The zero-order valence-corrected chi connectivity index (χ0v) is 12.9. The lowest BCUT2D eigenvalue weighted by Gasteiger charge is -2.34. The van der Waals surface area contributed by atoms with E-state index < -0.39 is 5.60 Å². The molecule has 2 N–H and O–H groups in total. The second-order valence-electron chi connectivity index (χ2n) is 7.88. The molecule has 3 aliphatic rings. The summed E-state index contributed by atoms with van der Waals surface area (Å²) in [6, 6.07) is 0.343. The second kappa shape index (κ2) is 4.90. The number of hydrogen-bond acceptors (Lipinski definition) is 2. The molecule has 3 rings (SSSR count). The van der Waals surface area contributed by atoms with Crippen LogP contribution >= 0.6 is 0 Å². The molecule has 0 spiro atoms. The number of carbonyl (C=O) groups is 1. The fourth-order valence-corrected chi connectivity index (χ4v) is 5.16. The smallest absolute Gasteiger partial charge is 0.317 e. The van der Waals surface area contributed by atoms with Gasteiger partial charge in [-0.1, -0.05) is 6.42 Å². The molecule has 0 aromatic heterocycles. The molecule has 114 valence electrons. The quantitative estimate of drug-likeness (QED) is 0.833. The van der Waals surface area contributed by atoms with Crippen LogP contribution in [0.2, 0.25) is 0 Å². The third kappa shape index (κ3) is 2.54. The predicted molar refractivity (Wildman–Crippen MR) is 78.3 cm³/mol. The molecule has 20 heavy (non-hydrogen) atoms. The Labute approximate surface area is 121 Å². The van der Waals surface area contributed by atoms with Gasteiger partial charge in [-0.2, -0.15) is 0 Å². The summed E-state index contributed by atoms with van der Waals surface area (Å²) < 4.78 is 0. The van der Waals surface area contributed by atoms with Crippen LogP contribution < -0.4 is 5.32 Å². The fourth-order valence-electron chi connectivity index (χ4n) is 5.16. The fraction of sp³-hybridized carbons (Fsp3) is 0.938. The molecule has 4 heteroatoms. The van der Waals surface area contributed by atoms with Gasteiger partial charge in [0.1, 0.15) is 0 Å². The molecule has 0 aromatic carbocycles. The Balaban J connectivity index is 1.56. The number of hydrogen-bond donors (Lipinski definition) is 2. The summed E-state index contributed by atoms with van der Waals surface area (Å²) in [7, 11) is 1.76. The van der Waals surface area contributed by atoms with E-state index in [0.29, 0.717) is 18.5 Å². The number of likely N-dealkylation sites (N-methyl/N-ethyl adjacent to an activating group) is 1. The Bertz CT molecular complexity index is 390. The van der Waals surface area contributed by atoms with Crippen molar-refractivity contribution in [2.75, 3.05) is 13.6 Å². The maximum Gasteiger partial charge on any atom is 0.317 e. The Hall–Kier alpha value is -0.770. The average molecular weight is 280 g/mol. The van der Waals surface area contributed by atoms with Gasteiger partial charge in [0.2, 0.25) is 0 Å². The normalized spacial score (nSPS) is 38.9. The van der Waals surface area contributed by atoms with E-state index in [1.54, 1.807) is 25.8 Å². The molecule has 2 bridgehead atoms. The molecule has 3 saturated carbocycles. The van der Waals surface area contributed by atoms with Gasteiger partial charge in [-0.25, -0.2) is 4.79 Å². The van der Waals surface area contributed by atoms with Gasteiger partial charge in [-0.15, -0.1) is 0 Å². The Morgan fingerprint density at radius 1 is 1.25 bits per heavy atom. The van der Waals surface area contributed by atoms with Crippen LogP contribution in [0.1, 0.15) is 46.0 Å². The number of amides is 2. The van der Waals surface area contributed by atoms with Crippen LogP contribution in [-0.4, -0.2) is 41.3 Å². The largest absolute Gasteiger partial charge is 0.389 e. The van der Waals surface area contributed by atoms with Gasteiger partial charge < -0.3 is 15.3 Å². The molecule has 0 saturated heterocycles. The van der Waals surface area contributed by atoms with Gasteiger partial charge in [-0.05, 0) is 63.2 Å². The number of nitrogens with zero attached hydrogens (tertiary/aromatic N) is 1. The van der Waals surface area contributed by atoms with Crippen molar-refractivity contribution in [1.29, 1.82) is 0 Å². The summed E-state index contributed by atoms with van der Waals surface area (Å²) in [5.41, 5.74) is -0.836. The van der Waals surface area contributed by atoms with Gasteiger partial charge >= 0.3 is 6.03 Å². The first kappa shape index (κ1) is 14.2. The van der Waals surface area contributed by atoms with Crippen LogP contribution in [0.4, 0.5) is 4.79 Å². The molecule has 2 amide bonds. The van der Waals surface area contributed by atoms with Crippen LogP contribution in [0.5, 0.6) is 0 Å². The average Bonchev–Trinajstić information content (AvgIpc) is 2.97. The van der Waals surface area contributed by atoms with E-state index in [0.717, 1.165) is 17.8 Å². The SMILES string of the molecule is CN(CC(C)(C)O)C(=O)NC1CC2CC1C1CCCC21. The van der Waals surface area contributed by atoms with E-state index in [4.69, 9.17) is 0 Å². The number of carbonyl (C=O) groups excluding carboxylic acids is 1. The van der Waals surface area contributed by atoms with E-state index in [1.165, 1.54) is 32.1 Å². The predicted octanol–water partition coefficient (Wildman–Crippen LogP) is 2.22. The number of nitrogens with one attached hydrogen (secondary N) is 1. The topological polar surface area (TPSA) is 52.6 Å². The number of aliphatic hydroxyl groups is 1. The highest BCUT2D eigenvalue weighted by Gasteiger charge is 2.54. The molecular formula is C16H28N2O2. The van der Waals surface area contributed by atoms with Gasteiger partial charge in [-0.3, -0.25) is 0 Å². The standard InChI is InChI=1S/C16H28N2O2/c1-16(2,20)9-18(3)15(19)17-14-8-10-7-13(14)12-6-4-5-11(10)12/h10-14,20H,4-9H2,1-3H3,(H,17,19). The second-order valence-corrected chi connectivity index (χ2v) is 7.88. The van der Waals surface area contributed by atoms with Crippen molar-refractivity contribution in [1.82, 2.24) is 10.2 Å². The van der Waals surface area contributed by atoms with Crippen molar-refractivity contribution in [3.8, 4) is 0 Å². The molecular weight excluding hydrogens is 252 g/mol. The summed E-state index contributed by atoms with van der Waals surface area (Å²) in [5.74, 6) is 3.41. The van der Waals surface area contributed by atoms with Crippen molar-refractivity contribution in [2.45, 2.75) is 57.6 Å². The Kier molecular flexibility index (Phi) is 3.47. The molecule has 0 radical (unpaired) electrons. The van der Waals surface area contributed by atoms with Gasteiger partial charge in [0.05, 0.1) is 12.1 Å². The molecule has 3 fully saturated rings. The molecule has 5 unspecified atom stereocenters. The molecule has 0 heterocycles. The first-order valence-corrected chi connectivity index (χ1v) is 8.09. The molecule has 0 aliphatic heterocycles. The highest BCUT2D eigenvalue weighted by molar-refractivity contribution is 5.74. The van der Waals surface area contributed by atoms with Crippen LogP contribution in [0, 0.1) is 23.7 Å². The highest BCUT2D eigenvalue weighted by Crippen LogP contribution is 2.58. The number of urea groups is 1. The van der Waals surface area contributed by atoms with E-state index in [-0.39, 0.29) is 6.03 Å². The Morgan fingerprint density at radius 3 is 2.65 bits per heavy atom. The monoisotopic (exact) mass is 280 g/mol. The zero-order chi connectivity index (χ0) is 14.5. The maximum atomic E-state index is 12.2. The van der Waals surface area contributed by atoms with E-state index in [2.05, 4.69) is 5.32 Å². The summed E-state index contributed by atoms with van der Waals surface area (Å²) in [6.07, 6.45) is 6.69. The lowest BCUT2D eigenvalue weighted by Crippen LogP contribution is -2.50. The minimum atomic E-state index is -0.836. The molecule has 0 aromatic rings. The molecule has 5 atom stereocenters. The summed E-state index contributed by atoms with van der Waals surface area (Å²) in [4.78, 5) is 13.9. The van der Waals surface area contributed by atoms with E-state index in [1.807, 2.05) is 0 Å². The summed E-state index contributed by atoms with van der Waals surface area (Å²) >= 11 is 0. The van der Waals surface area contributed by atoms with Gasteiger partial charge in [0.25, 0.3) is 0 Å². The minimum Gasteiger partial charge on any atom is -0.389 e. The van der Waals surface area contributed by atoms with Crippen LogP contribution in [-0.2, 0) is 0 Å². The van der Waals surface area contributed by atoms with Crippen LogP contribution in [0.25, 0.3) is 0 Å². The van der Waals surface area contributed by atoms with Crippen LogP contribution in [0.15, 0.2) is 0 Å². The van der Waals surface area contributed by atoms with Crippen molar-refractivity contribution < 1.29 is 9.90 Å². The van der Waals surface area contributed by atoms with Crippen molar-refractivity contribution in [3.05, 3.63) is 0 Å². The van der Waals surface area contributed by atoms with Gasteiger partial charge in [0, 0.05) is 13.1 Å². The zero-order valence-electron chi connectivity index (χ0n) is 12.9. The Morgan fingerprint density at radius 2 is 1.95 bits per heavy atom. The maximum absolute atomic E-state index is 12.2. The lowest BCUT2D eigenvalue weighted by atomic mass is 9.79. The van der Waals surface area contributed by atoms with Crippen LogP contribution in [0.3, 0.4) is 0 Å². The highest BCUT2D eigenvalue weighted by atomic mass is 16.3. The summed E-state index contributed by atoms with van der Waals surface area (Å²) in [5, 5.41) is 13.0. The number of rotatable bonds is 3. The third-order valence-corrected chi connectivity index (χ3v) is 5.71. The van der Waals surface area contributed by atoms with Gasteiger partial charge in [0.15, 0.2) is 0 Å². The van der Waals surface area contributed by atoms with Crippen molar-refractivity contribution >= 4 is 6.03 Å². The molecule has 3 aliphatic carbocycles. The van der Waals surface area contributed by atoms with Crippen molar-refractivity contribution in [3.63, 3.8) is 0 Å². The third-order valence-electron chi connectivity index (χ3n) is 5.71. The lowest BCUT2D eigenvalue weighted by molar-refractivity contribution is 0.0520. The minimum absolute atomic E-state index is 0.0285. The molecule has 4 nitrogen and oxygen atoms in total. The van der Waals surface area contributed by atoms with Crippen molar-refractivity contribution in [2.24, 2.45) is 23.7 Å². The van der Waals surface area contributed by atoms with E-state index in [9.17, 15) is 9.90 Å². The first-order chi connectivity index (χ1) is 9.35. The van der Waals surface area contributed by atoms with E-state index >= 15 is 0 Å².